The number of rotatable bonds is 4. The van der Waals surface area contributed by atoms with Gasteiger partial charge in [-0.1, -0.05) is 0 Å². The molecular weight excluding hydrogens is 325 g/mol. The van der Waals surface area contributed by atoms with Crippen molar-refractivity contribution in [3.63, 3.8) is 0 Å². The Morgan fingerprint density at radius 2 is 2.20 bits per heavy atom. The van der Waals surface area contributed by atoms with E-state index in [0.717, 1.165) is 0 Å². The first-order chi connectivity index (χ1) is 9.61. The molecule has 0 spiro atoms. The summed E-state index contributed by atoms with van der Waals surface area (Å²) < 4.78 is 13.8. The fraction of sp³-hybridized carbons (Fsp3) is 0.143. The van der Waals surface area contributed by atoms with Crippen molar-refractivity contribution < 1.29 is 9.18 Å². The average Bonchev–Trinajstić information content (AvgIpc) is 2.44. The lowest BCUT2D eigenvalue weighted by atomic mass is 10.2. The predicted octanol–water partition coefficient (Wildman–Crippen LogP) is 3.67. The smallest absolute Gasteiger partial charge is 0.259 e. The minimum atomic E-state index is -0.415. The molecule has 0 atom stereocenters. The molecule has 1 heterocycles. The van der Waals surface area contributed by atoms with E-state index >= 15 is 0 Å². The molecule has 6 heteroatoms. The Bertz CT molecular complexity index is 634. The van der Waals surface area contributed by atoms with Gasteiger partial charge in [0.25, 0.3) is 5.91 Å². The molecule has 1 amide bonds. The first kappa shape index (κ1) is 14.5. The van der Waals surface area contributed by atoms with Crippen molar-refractivity contribution in [1.29, 1.82) is 0 Å². The molecule has 0 aliphatic heterocycles. The van der Waals surface area contributed by atoms with Crippen LogP contribution in [0.2, 0.25) is 0 Å². The zero-order chi connectivity index (χ0) is 14.5. The first-order valence-electron chi connectivity index (χ1n) is 6.07. The molecule has 0 unspecified atom stereocenters. The normalized spacial score (nSPS) is 10.2. The summed E-state index contributed by atoms with van der Waals surface area (Å²) in [5.41, 5.74) is 0.784. The lowest BCUT2D eigenvalue weighted by Gasteiger charge is -2.11. The third-order valence-electron chi connectivity index (χ3n) is 2.57. The van der Waals surface area contributed by atoms with E-state index in [1.807, 2.05) is 6.92 Å². The maximum absolute atomic E-state index is 13.2. The highest BCUT2D eigenvalue weighted by Crippen LogP contribution is 2.24. The van der Waals surface area contributed by atoms with Gasteiger partial charge in [0.05, 0.1) is 11.3 Å². The maximum atomic E-state index is 13.2. The predicted molar refractivity (Wildman–Crippen MR) is 80.5 cm³/mol. The first-order valence-corrected chi connectivity index (χ1v) is 6.86. The third-order valence-corrected chi connectivity index (χ3v) is 3.26. The Kier molecular flexibility index (Phi) is 4.68. The van der Waals surface area contributed by atoms with E-state index < -0.39 is 5.82 Å². The van der Waals surface area contributed by atoms with Gasteiger partial charge in [-0.2, -0.15) is 0 Å². The van der Waals surface area contributed by atoms with Gasteiger partial charge in [0, 0.05) is 17.2 Å². The lowest BCUT2D eigenvalue weighted by molar-refractivity contribution is 0.102. The van der Waals surface area contributed by atoms with Gasteiger partial charge < -0.3 is 10.6 Å². The second kappa shape index (κ2) is 6.47. The van der Waals surface area contributed by atoms with E-state index in [4.69, 9.17) is 0 Å². The number of hydrogen-bond acceptors (Lipinski definition) is 3. The van der Waals surface area contributed by atoms with E-state index in [1.165, 1.54) is 12.1 Å². The molecule has 0 radical (unpaired) electrons. The summed E-state index contributed by atoms with van der Waals surface area (Å²) in [5, 5.41) is 5.67. The van der Waals surface area contributed by atoms with E-state index in [0.29, 0.717) is 28.1 Å². The largest absolute Gasteiger partial charge is 0.370 e. The average molecular weight is 338 g/mol. The van der Waals surface area contributed by atoms with Crippen LogP contribution in [0.4, 0.5) is 15.9 Å². The van der Waals surface area contributed by atoms with Gasteiger partial charge in [-0.15, -0.1) is 0 Å². The Labute approximate surface area is 124 Å². The minimum Gasteiger partial charge on any atom is -0.370 e. The van der Waals surface area contributed by atoms with Gasteiger partial charge in [-0.25, -0.2) is 9.37 Å². The van der Waals surface area contributed by atoms with Crippen LogP contribution in [0.5, 0.6) is 0 Å². The van der Waals surface area contributed by atoms with Crippen molar-refractivity contribution in [2.45, 2.75) is 6.92 Å². The molecule has 20 heavy (non-hydrogen) atoms. The topological polar surface area (TPSA) is 54.0 Å². The van der Waals surface area contributed by atoms with Crippen LogP contribution >= 0.6 is 15.9 Å². The monoisotopic (exact) mass is 337 g/mol. The Balaban J connectivity index is 2.26. The van der Waals surface area contributed by atoms with Crippen LogP contribution in [0.25, 0.3) is 0 Å². The van der Waals surface area contributed by atoms with Crippen molar-refractivity contribution in [3.8, 4) is 0 Å². The zero-order valence-corrected chi connectivity index (χ0v) is 12.4. The quantitative estimate of drug-likeness (QED) is 0.894. The Morgan fingerprint density at radius 3 is 2.95 bits per heavy atom. The zero-order valence-electron chi connectivity index (χ0n) is 10.8. The van der Waals surface area contributed by atoms with Crippen molar-refractivity contribution in [1.82, 2.24) is 4.98 Å². The molecule has 104 valence electrons. The van der Waals surface area contributed by atoms with E-state index in [2.05, 4.69) is 31.5 Å². The van der Waals surface area contributed by atoms with Crippen molar-refractivity contribution in [2.24, 2.45) is 0 Å². The van der Waals surface area contributed by atoms with Crippen LogP contribution in [0, 0.1) is 5.82 Å². The number of carbonyl (C=O) groups excluding carboxylic acids is 1. The number of hydrogen-bond donors (Lipinski definition) is 2. The Hall–Kier alpha value is -1.95. The summed E-state index contributed by atoms with van der Waals surface area (Å²) >= 11 is 3.27. The molecule has 0 saturated carbocycles. The van der Waals surface area contributed by atoms with E-state index in [9.17, 15) is 9.18 Å². The van der Waals surface area contributed by atoms with Gasteiger partial charge in [-0.3, -0.25) is 4.79 Å². The third kappa shape index (κ3) is 3.33. The second-order valence-electron chi connectivity index (χ2n) is 4.01. The van der Waals surface area contributed by atoms with Gasteiger partial charge >= 0.3 is 0 Å². The number of nitrogens with one attached hydrogen (secondary N) is 2. The summed E-state index contributed by atoms with van der Waals surface area (Å²) in [7, 11) is 0. The fourth-order valence-corrected chi connectivity index (χ4v) is 2.03. The number of halogens is 2. The van der Waals surface area contributed by atoms with E-state index in [-0.39, 0.29) is 5.91 Å². The molecule has 0 aliphatic carbocycles. The van der Waals surface area contributed by atoms with Crippen LogP contribution in [0.3, 0.4) is 0 Å². The van der Waals surface area contributed by atoms with Crippen molar-refractivity contribution in [3.05, 3.63) is 52.4 Å². The summed E-state index contributed by atoms with van der Waals surface area (Å²) in [6, 6.07) is 7.45. The number of aromatic nitrogens is 1. The van der Waals surface area contributed by atoms with Crippen LogP contribution in [0.1, 0.15) is 17.3 Å². The molecule has 2 aromatic rings. The molecule has 0 aliphatic rings. The molecule has 0 fully saturated rings. The van der Waals surface area contributed by atoms with Crippen molar-refractivity contribution >= 4 is 33.3 Å². The van der Waals surface area contributed by atoms with Crippen LogP contribution in [0.15, 0.2) is 41.0 Å². The van der Waals surface area contributed by atoms with E-state index in [1.54, 1.807) is 24.4 Å². The highest BCUT2D eigenvalue weighted by Gasteiger charge is 2.13. The lowest BCUT2D eigenvalue weighted by Crippen LogP contribution is -2.16. The van der Waals surface area contributed by atoms with Crippen LogP contribution in [-0.2, 0) is 0 Å². The minimum absolute atomic E-state index is 0.347. The molecule has 4 nitrogen and oxygen atoms in total. The van der Waals surface area contributed by atoms with Crippen LogP contribution < -0.4 is 10.6 Å². The number of nitrogens with zero attached hydrogens (tertiary/aromatic N) is 1. The highest BCUT2D eigenvalue weighted by atomic mass is 79.9. The standard InChI is InChI=1S/C14H13BrFN3O/c1-2-17-13-10(4-3-7-18-13)14(20)19-12-8-9(16)5-6-11(12)15/h3-8H,2H2,1H3,(H,17,18)(H,19,20). The molecule has 0 saturated heterocycles. The molecule has 1 aromatic heterocycles. The Morgan fingerprint density at radius 1 is 1.40 bits per heavy atom. The number of amides is 1. The fourth-order valence-electron chi connectivity index (χ4n) is 1.68. The van der Waals surface area contributed by atoms with Crippen LogP contribution in [-0.4, -0.2) is 17.4 Å². The number of pyridine rings is 1. The van der Waals surface area contributed by atoms with Gasteiger partial charge in [0.2, 0.25) is 0 Å². The summed E-state index contributed by atoms with van der Waals surface area (Å²) in [6.07, 6.45) is 1.60. The highest BCUT2D eigenvalue weighted by molar-refractivity contribution is 9.10. The molecule has 1 aromatic carbocycles. The maximum Gasteiger partial charge on any atom is 0.259 e. The molecule has 2 rings (SSSR count). The molecule has 0 bridgehead atoms. The number of anilines is 2. The van der Waals surface area contributed by atoms with Gasteiger partial charge in [0.1, 0.15) is 11.6 Å². The molecule has 2 N–H and O–H groups in total. The van der Waals surface area contributed by atoms with Crippen molar-refractivity contribution in [2.75, 3.05) is 17.2 Å². The second-order valence-corrected chi connectivity index (χ2v) is 4.86. The molecular formula is C14H13BrFN3O. The number of carbonyl (C=O) groups is 1. The summed E-state index contributed by atoms with van der Waals surface area (Å²) in [6.45, 7) is 2.57. The van der Waals surface area contributed by atoms with Gasteiger partial charge in [-0.05, 0) is 53.2 Å². The number of benzene rings is 1. The summed E-state index contributed by atoms with van der Waals surface area (Å²) in [4.78, 5) is 16.4. The van der Waals surface area contributed by atoms with Gasteiger partial charge in [0.15, 0.2) is 0 Å². The SMILES string of the molecule is CCNc1ncccc1C(=O)Nc1cc(F)ccc1Br. The summed E-state index contributed by atoms with van der Waals surface area (Å²) in [5.74, 6) is -0.262.